The van der Waals surface area contributed by atoms with Gasteiger partial charge in [-0.25, -0.2) is 4.79 Å². The minimum atomic E-state index is -5.02. The van der Waals surface area contributed by atoms with Crippen molar-refractivity contribution in [1.82, 2.24) is 4.90 Å². The van der Waals surface area contributed by atoms with E-state index in [4.69, 9.17) is 16.3 Å². The predicted molar refractivity (Wildman–Crippen MR) is 95.6 cm³/mol. The van der Waals surface area contributed by atoms with Crippen molar-refractivity contribution in [1.29, 1.82) is 0 Å². The minimum Gasteiger partial charge on any atom is -0.467 e. The van der Waals surface area contributed by atoms with E-state index in [0.717, 1.165) is 17.6 Å². The molecule has 1 aromatic heterocycles. The van der Waals surface area contributed by atoms with Gasteiger partial charge in [-0.2, -0.15) is 0 Å². The van der Waals surface area contributed by atoms with Crippen LogP contribution in [0.15, 0.2) is 35.7 Å². The number of carbonyl (C=O) groups excluding carboxylic acids is 1. The first kappa shape index (κ1) is 18.6. The fourth-order valence-corrected chi connectivity index (χ4v) is 5.89. The van der Waals surface area contributed by atoms with E-state index in [-0.39, 0.29) is 17.1 Å². The molecular formula is C16H17ClNO5PS. The van der Waals surface area contributed by atoms with Gasteiger partial charge in [0.05, 0.1) is 7.11 Å². The summed E-state index contributed by atoms with van der Waals surface area (Å²) in [5, 5.41) is -0.243. The summed E-state index contributed by atoms with van der Waals surface area (Å²) in [7, 11) is -3.91. The third-order valence-corrected chi connectivity index (χ3v) is 7.31. The Morgan fingerprint density at radius 1 is 1.36 bits per heavy atom. The molecule has 0 radical (unpaired) electrons. The lowest BCUT2D eigenvalue weighted by Gasteiger charge is -2.43. The first-order chi connectivity index (χ1) is 11.8. The van der Waals surface area contributed by atoms with Crippen molar-refractivity contribution in [2.24, 2.45) is 0 Å². The lowest BCUT2D eigenvalue weighted by molar-refractivity contribution is -0.152. The monoisotopic (exact) mass is 401 g/mol. The Labute approximate surface area is 154 Å². The summed E-state index contributed by atoms with van der Waals surface area (Å²) in [4.78, 5) is 35.9. The molecule has 6 nitrogen and oxygen atoms in total. The van der Waals surface area contributed by atoms with Crippen LogP contribution in [0.1, 0.15) is 16.0 Å². The molecule has 2 N–H and O–H groups in total. The molecule has 1 atom stereocenters. The highest BCUT2D eigenvalue weighted by Crippen LogP contribution is 2.61. The van der Waals surface area contributed by atoms with Gasteiger partial charge in [-0.1, -0.05) is 29.8 Å². The van der Waals surface area contributed by atoms with Crippen molar-refractivity contribution in [3.8, 4) is 0 Å². The zero-order valence-electron chi connectivity index (χ0n) is 13.4. The predicted octanol–water partition coefficient (Wildman–Crippen LogP) is 2.96. The van der Waals surface area contributed by atoms with Crippen molar-refractivity contribution in [3.63, 3.8) is 0 Å². The van der Waals surface area contributed by atoms with Crippen LogP contribution < -0.4 is 0 Å². The molecule has 134 valence electrons. The molecule has 1 aromatic carbocycles. The molecule has 0 saturated heterocycles. The summed E-state index contributed by atoms with van der Waals surface area (Å²) in [5.74, 6) is -1.02. The lowest BCUT2D eigenvalue weighted by atomic mass is 10.00. The Kier molecular flexibility index (Phi) is 5.08. The maximum Gasteiger partial charge on any atom is 0.361 e. The number of thiophene rings is 1. The highest BCUT2D eigenvalue weighted by molar-refractivity contribution is 7.54. The summed E-state index contributed by atoms with van der Waals surface area (Å²) in [6, 6.07) is 8.10. The van der Waals surface area contributed by atoms with Crippen LogP contribution in [0.25, 0.3) is 0 Å². The van der Waals surface area contributed by atoms with Gasteiger partial charge < -0.3 is 14.5 Å². The number of carbonyl (C=O) groups is 1. The molecule has 0 spiro atoms. The molecule has 1 aliphatic rings. The second-order valence-electron chi connectivity index (χ2n) is 5.73. The number of ether oxygens (including phenoxy) is 1. The van der Waals surface area contributed by atoms with Gasteiger partial charge in [0.15, 0.2) is 0 Å². The van der Waals surface area contributed by atoms with E-state index < -0.39 is 18.8 Å². The van der Waals surface area contributed by atoms with Crippen LogP contribution in [0.3, 0.4) is 0 Å². The second kappa shape index (κ2) is 6.83. The molecule has 0 amide bonds. The van der Waals surface area contributed by atoms with Gasteiger partial charge in [-0.05, 0) is 29.5 Å². The van der Waals surface area contributed by atoms with E-state index in [1.54, 1.807) is 23.5 Å². The number of hydrogen-bond acceptors (Lipinski definition) is 5. The van der Waals surface area contributed by atoms with Gasteiger partial charge in [0.1, 0.15) is 0 Å². The Hall–Kier alpha value is -1.21. The maximum atomic E-state index is 12.8. The summed E-state index contributed by atoms with van der Waals surface area (Å²) in [6.45, 7) is 0.531. The molecule has 9 heteroatoms. The van der Waals surface area contributed by atoms with Gasteiger partial charge in [0.25, 0.3) is 0 Å². The van der Waals surface area contributed by atoms with Crippen molar-refractivity contribution >= 4 is 36.5 Å². The van der Waals surface area contributed by atoms with Crippen LogP contribution in [-0.2, 0) is 32.3 Å². The number of methoxy groups -OCH3 is 1. The number of benzene rings is 1. The summed E-state index contributed by atoms with van der Waals surface area (Å²) in [5.41, 5.74) is 1.00. The number of rotatable bonds is 4. The summed E-state index contributed by atoms with van der Waals surface area (Å²) in [6.07, 6.45) is 0.593. The zero-order chi connectivity index (χ0) is 18.2. The normalized spacial score (nSPS) is 17.6. The molecular weight excluding hydrogens is 385 g/mol. The number of halogens is 1. The average Bonchev–Trinajstić information content (AvgIpc) is 3.03. The van der Waals surface area contributed by atoms with E-state index in [9.17, 15) is 19.1 Å². The van der Waals surface area contributed by atoms with Gasteiger partial charge >= 0.3 is 13.6 Å². The Bertz CT molecular complexity index is 851. The molecule has 0 unspecified atom stereocenters. The first-order valence-electron chi connectivity index (χ1n) is 7.51. The standard InChI is InChI=1S/C16H17ClNO5PS/c1-23-15(19)16(24(20,21)22,12-4-2-3-5-13(12)17)18-8-6-14-11(10-18)7-9-25-14/h2-5,7,9H,6,8,10H2,1H3,(H2,20,21,22)/t16-/m0/s1. The van der Waals surface area contributed by atoms with E-state index >= 15 is 0 Å². The van der Waals surface area contributed by atoms with E-state index in [1.165, 1.54) is 17.0 Å². The van der Waals surface area contributed by atoms with Crippen LogP contribution in [-0.4, -0.2) is 34.3 Å². The maximum absolute atomic E-state index is 12.8. The molecule has 0 saturated carbocycles. The lowest BCUT2D eigenvalue weighted by Crippen LogP contribution is -2.53. The topological polar surface area (TPSA) is 87.1 Å². The van der Waals surface area contributed by atoms with Gasteiger partial charge in [-0.15, -0.1) is 11.3 Å². The Balaban J connectivity index is 2.24. The van der Waals surface area contributed by atoms with Crippen LogP contribution in [0, 0.1) is 0 Å². The summed E-state index contributed by atoms with van der Waals surface area (Å²) < 4.78 is 17.5. The van der Waals surface area contributed by atoms with Crippen LogP contribution in [0.5, 0.6) is 0 Å². The molecule has 0 bridgehead atoms. The van der Waals surface area contributed by atoms with Gasteiger partial charge in [0.2, 0.25) is 5.28 Å². The number of esters is 1. The zero-order valence-corrected chi connectivity index (χ0v) is 15.9. The Morgan fingerprint density at radius 2 is 2.08 bits per heavy atom. The molecule has 1 aliphatic heterocycles. The molecule has 2 heterocycles. The van der Waals surface area contributed by atoms with Gasteiger partial charge in [-0.3, -0.25) is 9.46 Å². The third-order valence-electron chi connectivity index (χ3n) is 4.41. The quantitative estimate of drug-likeness (QED) is 0.605. The van der Waals surface area contributed by atoms with Crippen LogP contribution in [0.2, 0.25) is 5.02 Å². The van der Waals surface area contributed by atoms with E-state index in [2.05, 4.69) is 0 Å². The van der Waals surface area contributed by atoms with Crippen molar-refractivity contribution in [3.05, 3.63) is 56.7 Å². The summed E-state index contributed by atoms with van der Waals surface area (Å²) >= 11 is 7.83. The first-order valence-corrected chi connectivity index (χ1v) is 10.4. The van der Waals surface area contributed by atoms with E-state index in [0.29, 0.717) is 13.0 Å². The fraction of sp³-hybridized carbons (Fsp3) is 0.312. The van der Waals surface area contributed by atoms with Crippen LogP contribution in [0.4, 0.5) is 0 Å². The minimum absolute atomic E-state index is 0.0514. The number of nitrogens with zero attached hydrogens (tertiary/aromatic N) is 1. The number of hydrogen-bond donors (Lipinski definition) is 2. The third kappa shape index (κ3) is 2.95. The largest absolute Gasteiger partial charge is 0.467 e. The second-order valence-corrected chi connectivity index (χ2v) is 8.87. The number of fused-ring (bicyclic) bond motifs is 1. The molecule has 0 fully saturated rings. The van der Waals surface area contributed by atoms with Crippen molar-refractivity contribution in [2.45, 2.75) is 18.2 Å². The molecule has 25 heavy (non-hydrogen) atoms. The Morgan fingerprint density at radius 3 is 2.72 bits per heavy atom. The average molecular weight is 402 g/mol. The highest BCUT2D eigenvalue weighted by Gasteiger charge is 2.61. The highest BCUT2D eigenvalue weighted by atomic mass is 35.5. The van der Waals surface area contributed by atoms with Crippen molar-refractivity contribution < 1.29 is 23.9 Å². The van der Waals surface area contributed by atoms with E-state index in [1.807, 2.05) is 11.4 Å². The fourth-order valence-electron chi connectivity index (χ4n) is 3.28. The van der Waals surface area contributed by atoms with Gasteiger partial charge in [0, 0.05) is 28.6 Å². The molecule has 2 aromatic rings. The van der Waals surface area contributed by atoms with Crippen molar-refractivity contribution in [2.75, 3.05) is 13.7 Å². The molecule has 0 aliphatic carbocycles. The molecule has 3 rings (SSSR count). The smallest absolute Gasteiger partial charge is 0.361 e. The SMILES string of the molecule is COC(=O)[C@@](c1ccccc1Cl)(N1CCc2sccc2C1)P(=O)(O)O. The van der Waals surface area contributed by atoms with Crippen LogP contribution >= 0.6 is 30.5 Å².